The van der Waals surface area contributed by atoms with Crippen molar-refractivity contribution in [2.75, 3.05) is 5.32 Å². The number of para-hydroxylation sites is 1. The van der Waals surface area contributed by atoms with Crippen LogP contribution in [0.5, 0.6) is 0 Å². The summed E-state index contributed by atoms with van der Waals surface area (Å²) in [6, 6.07) is 8.43. The molecule has 5 atom stereocenters. The number of aromatic nitrogens is 1. The molecule has 36 heavy (non-hydrogen) atoms. The van der Waals surface area contributed by atoms with Crippen LogP contribution in [0.15, 0.2) is 60.9 Å². The van der Waals surface area contributed by atoms with Gasteiger partial charge in [-0.3, -0.25) is 19.4 Å². The summed E-state index contributed by atoms with van der Waals surface area (Å²) in [6.45, 7) is 7.42. The number of anilines is 1. The first-order chi connectivity index (χ1) is 17.0. The molecule has 0 radical (unpaired) electrons. The summed E-state index contributed by atoms with van der Waals surface area (Å²) in [5.41, 5.74) is -2.25. The number of hydrogen-bond acceptors (Lipinski definition) is 5. The Balaban J connectivity index is 1.55. The normalized spacial score (nSPS) is 30.4. The van der Waals surface area contributed by atoms with Crippen molar-refractivity contribution in [2.45, 2.75) is 57.0 Å². The molecule has 3 amide bonds. The third-order valence-corrected chi connectivity index (χ3v) is 7.03. The van der Waals surface area contributed by atoms with E-state index in [2.05, 4.69) is 15.6 Å². The Hall–Kier alpha value is -3.59. The van der Waals surface area contributed by atoms with Gasteiger partial charge in [-0.05, 0) is 51.5 Å². The zero-order valence-electron chi connectivity index (χ0n) is 20.6. The van der Waals surface area contributed by atoms with Crippen LogP contribution in [-0.2, 0) is 25.7 Å². The minimum atomic E-state index is -1.33. The van der Waals surface area contributed by atoms with Gasteiger partial charge in [-0.1, -0.05) is 30.4 Å². The minimum Gasteiger partial charge on any atom is -0.356 e. The summed E-state index contributed by atoms with van der Waals surface area (Å²) in [7, 11) is 0. The fourth-order valence-electron chi connectivity index (χ4n) is 5.70. The SMILES string of the molecule is CC(C)(C)NC(=O)[C@H]1N(Cc2cccnc2)C(=O)[C@@H]2[C@H](C(=O)Nc3ccccc3F)[C@@]3(C)C=C[C@@]21O3. The van der Waals surface area contributed by atoms with Crippen LogP contribution in [0.25, 0.3) is 0 Å². The fourth-order valence-corrected chi connectivity index (χ4v) is 5.70. The van der Waals surface area contributed by atoms with E-state index in [4.69, 9.17) is 4.74 Å². The van der Waals surface area contributed by atoms with Gasteiger partial charge in [0.2, 0.25) is 17.7 Å². The Morgan fingerprint density at radius 3 is 2.56 bits per heavy atom. The number of rotatable bonds is 5. The Morgan fingerprint density at radius 1 is 1.14 bits per heavy atom. The van der Waals surface area contributed by atoms with E-state index in [1.165, 1.54) is 23.1 Å². The highest BCUT2D eigenvalue weighted by Gasteiger charge is 2.76. The van der Waals surface area contributed by atoms with Crippen LogP contribution in [0, 0.1) is 17.7 Å². The molecule has 0 saturated carbocycles. The third-order valence-electron chi connectivity index (χ3n) is 7.03. The van der Waals surface area contributed by atoms with Gasteiger partial charge < -0.3 is 20.3 Å². The zero-order valence-corrected chi connectivity index (χ0v) is 20.6. The molecule has 9 heteroatoms. The Morgan fingerprint density at radius 2 is 1.89 bits per heavy atom. The number of fused-ring (bicyclic) bond motifs is 1. The summed E-state index contributed by atoms with van der Waals surface area (Å²) >= 11 is 0. The molecule has 0 unspecified atom stereocenters. The van der Waals surface area contributed by atoms with Gasteiger partial charge in [-0.2, -0.15) is 0 Å². The standard InChI is InChI=1S/C27H29FN4O4/c1-25(2,3)31-23(34)21-27-12-11-26(4,36-27)19(22(33)30-18-10-6-5-9-17(18)28)20(27)24(35)32(21)15-16-8-7-13-29-14-16/h5-14,19-21H,15H2,1-4H3,(H,30,33)(H,31,34)/t19-,20+,21-,26-,27-/m1/s1. The highest BCUT2D eigenvalue weighted by molar-refractivity contribution is 6.03. The van der Waals surface area contributed by atoms with Crippen molar-refractivity contribution in [3.8, 4) is 0 Å². The van der Waals surface area contributed by atoms with Crippen molar-refractivity contribution in [1.82, 2.24) is 15.2 Å². The van der Waals surface area contributed by atoms with Gasteiger partial charge in [0.15, 0.2) is 0 Å². The van der Waals surface area contributed by atoms with Gasteiger partial charge in [-0.25, -0.2) is 4.39 Å². The predicted octanol–water partition coefficient (Wildman–Crippen LogP) is 2.81. The molecule has 5 rings (SSSR count). The molecule has 1 spiro atoms. The minimum absolute atomic E-state index is 0.0200. The lowest BCUT2D eigenvalue weighted by Crippen LogP contribution is -2.57. The van der Waals surface area contributed by atoms with Gasteiger partial charge in [0, 0.05) is 24.5 Å². The second-order valence-electron chi connectivity index (χ2n) is 10.9. The lowest BCUT2D eigenvalue weighted by atomic mass is 9.70. The molecule has 8 nitrogen and oxygen atoms in total. The number of carbonyl (C=O) groups excluding carboxylic acids is 3. The maximum atomic E-state index is 14.3. The largest absolute Gasteiger partial charge is 0.356 e. The number of nitrogens with one attached hydrogen (secondary N) is 2. The van der Waals surface area contributed by atoms with Crippen LogP contribution in [-0.4, -0.2) is 50.4 Å². The second kappa shape index (κ2) is 8.23. The quantitative estimate of drug-likeness (QED) is 0.626. The van der Waals surface area contributed by atoms with Crippen molar-refractivity contribution in [3.05, 3.63) is 72.3 Å². The van der Waals surface area contributed by atoms with E-state index in [0.29, 0.717) is 0 Å². The Labute approximate surface area is 208 Å². The molecule has 2 bridgehead atoms. The third kappa shape index (κ3) is 3.78. The number of benzene rings is 1. The molecule has 1 aromatic carbocycles. The highest BCUT2D eigenvalue weighted by atomic mass is 19.1. The van der Waals surface area contributed by atoms with E-state index in [1.807, 2.05) is 26.8 Å². The number of nitrogens with zero attached hydrogens (tertiary/aromatic N) is 2. The van der Waals surface area contributed by atoms with Crippen LogP contribution in [0.3, 0.4) is 0 Å². The van der Waals surface area contributed by atoms with Crippen LogP contribution >= 0.6 is 0 Å². The molecule has 1 aromatic heterocycles. The average molecular weight is 493 g/mol. The molecule has 0 aliphatic carbocycles. The van der Waals surface area contributed by atoms with Gasteiger partial charge >= 0.3 is 0 Å². The first-order valence-corrected chi connectivity index (χ1v) is 11.9. The molecule has 4 heterocycles. The molecule has 2 fully saturated rings. The molecule has 2 aromatic rings. The van der Waals surface area contributed by atoms with Crippen LogP contribution < -0.4 is 10.6 Å². The highest BCUT2D eigenvalue weighted by Crippen LogP contribution is 2.60. The number of carbonyl (C=O) groups is 3. The lowest BCUT2D eigenvalue weighted by Gasteiger charge is -2.35. The number of likely N-dealkylation sites (tertiary alicyclic amines) is 1. The summed E-state index contributed by atoms with van der Waals surface area (Å²) in [6.07, 6.45) is 6.76. The second-order valence-corrected chi connectivity index (χ2v) is 10.9. The summed E-state index contributed by atoms with van der Waals surface area (Å²) in [4.78, 5) is 46.8. The molecule has 3 aliphatic rings. The summed E-state index contributed by atoms with van der Waals surface area (Å²) in [5.74, 6) is -3.76. The van der Waals surface area contributed by atoms with Crippen molar-refractivity contribution >= 4 is 23.4 Å². The van der Waals surface area contributed by atoms with E-state index < -0.39 is 46.3 Å². The van der Waals surface area contributed by atoms with Crippen LogP contribution in [0.1, 0.15) is 33.3 Å². The fraction of sp³-hybridized carbons (Fsp3) is 0.407. The van der Waals surface area contributed by atoms with Gasteiger partial charge in [0.05, 0.1) is 23.1 Å². The zero-order chi connectivity index (χ0) is 25.9. The van der Waals surface area contributed by atoms with E-state index in [-0.39, 0.29) is 24.0 Å². The number of amides is 3. The maximum absolute atomic E-state index is 14.3. The number of pyridine rings is 1. The van der Waals surface area contributed by atoms with E-state index in [1.54, 1.807) is 43.6 Å². The maximum Gasteiger partial charge on any atom is 0.246 e. The molecular weight excluding hydrogens is 463 g/mol. The average Bonchev–Trinajstić information content (AvgIpc) is 3.36. The molecular formula is C27H29FN4O4. The topological polar surface area (TPSA) is 101 Å². The smallest absolute Gasteiger partial charge is 0.246 e. The van der Waals surface area contributed by atoms with Gasteiger partial charge in [-0.15, -0.1) is 0 Å². The molecule has 2 N–H and O–H groups in total. The van der Waals surface area contributed by atoms with E-state index in [9.17, 15) is 18.8 Å². The number of ether oxygens (including phenoxy) is 1. The van der Waals surface area contributed by atoms with Crippen molar-refractivity contribution in [1.29, 1.82) is 0 Å². The van der Waals surface area contributed by atoms with Crippen LogP contribution in [0.4, 0.5) is 10.1 Å². The van der Waals surface area contributed by atoms with Crippen molar-refractivity contribution in [2.24, 2.45) is 11.8 Å². The number of hydrogen-bond donors (Lipinski definition) is 2. The van der Waals surface area contributed by atoms with Crippen molar-refractivity contribution < 1.29 is 23.5 Å². The first-order valence-electron chi connectivity index (χ1n) is 11.9. The molecule has 2 saturated heterocycles. The first kappa shape index (κ1) is 24.1. The number of halogens is 1. The van der Waals surface area contributed by atoms with Crippen LogP contribution in [0.2, 0.25) is 0 Å². The van der Waals surface area contributed by atoms with Gasteiger partial charge in [0.25, 0.3) is 0 Å². The molecule has 188 valence electrons. The Bertz CT molecular complexity index is 1260. The monoisotopic (exact) mass is 492 g/mol. The van der Waals surface area contributed by atoms with Crippen molar-refractivity contribution in [3.63, 3.8) is 0 Å². The van der Waals surface area contributed by atoms with E-state index >= 15 is 0 Å². The summed E-state index contributed by atoms with van der Waals surface area (Å²) < 4.78 is 20.8. The predicted molar refractivity (Wildman–Crippen MR) is 130 cm³/mol. The van der Waals surface area contributed by atoms with Gasteiger partial charge in [0.1, 0.15) is 17.5 Å². The lowest BCUT2D eigenvalue weighted by molar-refractivity contribution is -0.145. The Kier molecular flexibility index (Phi) is 5.51. The summed E-state index contributed by atoms with van der Waals surface area (Å²) in [5, 5.41) is 5.61. The molecule has 3 aliphatic heterocycles. The van der Waals surface area contributed by atoms with E-state index in [0.717, 1.165) is 5.56 Å².